The summed E-state index contributed by atoms with van der Waals surface area (Å²) >= 11 is 0. The number of aliphatic hydroxyl groups excluding tert-OH is 1. The Bertz CT molecular complexity index is 1860. The summed E-state index contributed by atoms with van der Waals surface area (Å²) in [5, 5.41) is 10.6. The summed E-state index contributed by atoms with van der Waals surface area (Å²) in [7, 11) is -9.91. The fourth-order valence-corrected chi connectivity index (χ4v) is 13.3. The van der Waals surface area contributed by atoms with Gasteiger partial charge in [0.1, 0.15) is 19.3 Å². The van der Waals surface area contributed by atoms with Gasteiger partial charge in [0, 0.05) is 25.7 Å². The first-order valence-electron chi connectivity index (χ1n) is 40.1. The number of phosphoric ester groups is 2. The molecule has 0 rings (SSSR count). The molecule has 0 aliphatic carbocycles. The molecule has 96 heavy (non-hydrogen) atoms. The summed E-state index contributed by atoms with van der Waals surface area (Å²) in [4.78, 5) is 72.9. The Morgan fingerprint density at radius 1 is 0.292 bits per heavy atom. The average molecular weight is 1410 g/mol. The van der Waals surface area contributed by atoms with Crippen LogP contribution in [0.15, 0.2) is 0 Å². The molecule has 570 valence electrons. The quantitative estimate of drug-likeness (QED) is 0.0222. The van der Waals surface area contributed by atoms with Crippen LogP contribution in [-0.2, 0) is 65.4 Å². The van der Waals surface area contributed by atoms with Crippen LogP contribution in [-0.4, -0.2) is 96.7 Å². The average Bonchev–Trinajstić information content (AvgIpc) is 1.39. The van der Waals surface area contributed by atoms with Crippen molar-refractivity contribution in [2.75, 3.05) is 39.6 Å². The van der Waals surface area contributed by atoms with Crippen molar-refractivity contribution in [3.05, 3.63) is 0 Å². The lowest BCUT2D eigenvalue weighted by molar-refractivity contribution is -0.161. The predicted octanol–water partition coefficient (Wildman–Crippen LogP) is 22.7. The van der Waals surface area contributed by atoms with Crippen molar-refractivity contribution < 1.29 is 80.2 Å². The summed E-state index contributed by atoms with van der Waals surface area (Å²) in [6.45, 7) is 9.56. The van der Waals surface area contributed by atoms with E-state index in [0.717, 1.165) is 108 Å². The molecule has 0 spiro atoms. The van der Waals surface area contributed by atoms with Crippen LogP contribution in [0.3, 0.4) is 0 Å². The third-order valence-corrected chi connectivity index (χ3v) is 20.6. The van der Waals surface area contributed by atoms with E-state index in [4.69, 9.17) is 37.0 Å². The second-order valence-electron chi connectivity index (χ2n) is 28.2. The van der Waals surface area contributed by atoms with Gasteiger partial charge in [0.15, 0.2) is 12.2 Å². The van der Waals surface area contributed by atoms with E-state index in [1.165, 1.54) is 212 Å². The third kappa shape index (κ3) is 67.9. The van der Waals surface area contributed by atoms with Crippen LogP contribution < -0.4 is 0 Å². The van der Waals surface area contributed by atoms with Crippen molar-refractivity contribution >= 4 is 39.5 Å². The Hall–Kier alpha value is -1.94. The Balaban J connectivity index is 5.25. The van der Waals surface area contributed by atoms with Gasteiger partial charge in [-0.25, -0.2) is 9.13 Å². The summed E-state index contributed by atoms with van der Waals surface area (Å²) in [5.74, 6) is -0.616. The molecule has 7 atom stereocenters. The number of carbonyl (C=O) groups excluding carboxylic acids is 4. The van der Waals surface area contributed by atoms with Crippen LogP contribution >= 0.6 is 15.6 Å². The van der Waals surface area contributed by atoms with E-state index in [2.05, 4.69) is 41.5 Å². The standard InChI is InChI=1S/C77H150O17P2/c1-7-11-13-15-17-19-21-23-25-27-28-30-32-34-36-41-49-55-61-76(81)93-72(65-87-74(79)59-53-47-40-35-33-31-29-26-24-22-20-18-16-14-12-8-2)67-91-95(83,84)89-63-71(78)64-90-96(85,86)92-68-73(66-88-75(80)60-54-48-44-43-46-52-58-70(6)10-4)94-77(82)62-56-50-42-38-37-39-45-51-57-69(5)9-3/h69-73,78H,7-68H2,1-6H3,(H,83,84)(H,85,86)/t69?,70?,71-,72-,73-/m1/s1. The van der Waals surface area contributed by atoms with Crippen LogP contribution in [0, 0.1) is 11.8 Å². The summed E-state index contributed by atoms with van der Waals surface area (Å²) in [6, 6.07) is 0. The topological polar surface area (TPSA) is 237 Å². The number of hydrogen-bond donors (Lipinski definition) is 3. The molecule has 0 saturated carbocycles. The fraction of sp³-hybridized carbons (Fsp3) is 0.948. The molecule has 0 amide bonds. The van der Waals surface area contributed by atoms with E-state index < -0.39 is 97.5 Å². The van der Waals surface area contributed by atoms with Gasteiger partial charge in [0.25, 0.3) is 0 Å². The number of esters is 4. The number of aliphatic hydroxyl groups is 1. The van der Waals surface area contributed by atoms with Crippen molar-refractivity contribution in [2.45, 2.75) is 419 Å². The van der Waals surface area contributed by atoms with Crippen LogP contribution in [0.4, 0.5) is 0 Å². The number of rotatable bonds is 76. The monoisotopic (exact) mass is 1410 g/mol. The smallest absolute Gasteiger partial charge is 0.462 e. The van der Waals surface area contributed by atoms with E-state index in [0.29, 0.717) is 25.7 Å². The molecule has 0 radical (unpaired) electrons. The molecule has 17 nitrogen and oxygen atoms in total. The molecule has 0 aliphatic rings. The van der Waals surface area contributed by atoms with Crippen molar-refractivity contribution in [3.8, 4) is 0 Å². The summed E-state index contributed by atoms with van der Waals surface area (Å²) in [5.41, 5.74) is 0. The number of ether oxygens (including phenoxy) is 4. The first-order chi connectivity index (χ1) is 46.4. The number of hydrogen-bond acceptors (Lipinski definition) is 15. The molecule has 3 N–H and O–H groups in total. The minimum absolute atomic E-state index is 0.104. The minimum atomic E-state index is -4.96. The Labute approximate surface area is 588 Å². The van der Waals surface area contributed by atoms with Crippen molar-refractivity contribution in [1.82, 2.24) is 0 Å². The lowest BCUT2D eigenvalue weighted by atomic mass is 9.99. The zero-order valence-corrected chi connectivity index (χ0v) is 64.5. The zero-order chi connectivity index (χ0) is 70.7. The van der Waals surface area contributed by atoms with E-state index in [-0.39, 0.29) is 25.7 Å². The second-order valence-corrected chi connectivity index (χ2v) is 31.1. The van der Waals surface area contributed by atoms with E-state index in [1.807, 2.05) is 0 Å². The Morgan fingerprint density at radius 3 is 0.740 bits per heavy atom. The molecule has 19 heteroatoms. The van der Waals surface area contributed by atoms with E-state index >= 15 is 0 Å². The first kappa shape index (κ1) is 94.1. The van der Waals surface area contributed by atoms with E-state index in [9.17, 15) is 43.2 Å². The largest absolute Gasteiger partial charge is 0.472 e. The van der Waals surface area contributed by atoms with Gasteiger partial charge in [-0.3, -0.25) is 37.3 Å². The highest BCUT2D eigenvalue weighted by Crippen LogP contribution is 2.45. The highest BCUT2D eigenvalue weighted by Gasteiger charge is 2.30. The molecule has 0 aliphatic heterocycles. The maximum absolute atomic E-state index is 13.1. The maximum Gasteiger partial charge on any atom is 0.472 e. The number of phosphoric acid groups is 2. The van der Waals surface area contributed by atoms with Crippen LogP contribution in [0.5, 0.6) is 0 Å². The third-order valence-electron chi connectivity index (χ3n) is 18.7. The van der Waals surface area contributed by atoms with Crippen molar-refractivity contribution in [2.24, 2.45) is 11.8 Å². The number of carbonyl (C=O) groups is 4. The van der Waals surface area contributed by atoms with Gasteiger partial charge < -0.3 is 33.8 Å². The Morgan fingerprint density at radius 2 is 0.500 bits per heavy atom. The molecule has 0 aromatic carbocycles. The van der Waals surface area contributed by atoms with E-state index in [1.54, 1.807) is 0 Å². The summed E-state index contributed by atoms with van der Waals surface area (Å²) < 4.78 is 68.6. The highest BCUT2D eigenvalue weighted by molar-refractivity contribution is 7.47. The summed E-state index contributed by atoms with van der Waals surface area (Å²) in [6.07, 6.45) is 56.9. The molecule has 0 heterocycles. The van der Waals surface area contributed by atoms with Crippen molar-refractivity contribution in [3.63, 3.8) is 0 Å². The van der Waals surface area contributed by atoms with Gasteiger partial charge in [-0.1, -0.05) is 350 Å². The van der Waals surface area contributed by atoms with Gasteiger partial charge in [-0.15, -0.1) is 0 Å². The lowest BCUT2D eigenvalue weighted by Gasteiger charge is -2.21. The zero-order valence-electron chi connectivity index (χ0n) is 62.7. The van der Waals surface area contributed by atoms with Gasteiger partial charge in [-0.05, 0) is 37.5 Å². The number of unbranched alkanes of at least 4 members (excludes halogenated alkanes) is 44. The molecule has 0 aromatic rings. The molecule has 0 bridgehead atoms. The van der Waals surface area contributed by atoms with Crippen LogP contribution in [0.25, 0.3) is 0 Å². The molecular weight excluding hydrogens is 1260 g/mol. The molecule has 0 aromatic heterocycles. The minimum Gasteiger partial charge on any atom is -0.462 e. The molecular formula is C77H150O17P2. The predicted molar refractivity (Wildman–Crippen MR) is 391 cm³/mol. The highest BCUT2D eigenvalue weighted by atomic mass is 31.2. The molecule has 0 saturated heterocycles. The SMILES string of the molecule is CCCCCCCCCCCCCCCCCCCCC(=O)O[C@H](COC(=O)CCCCCCCCCCCCCCCCCC)COP(=O)(O)OC[C@@H](O)COP(=O)(O)OC[C@@H](COC(=O)CCCCCCCCC(C)CC)OC(=O)CCCCCCCCCCC(C)CC. The van der Waals surface area contributed by atoms with Crippen LogP contribution in [0.2, 0.25) is 0 Å². The normalized spacial score (nSPS) is 14.6. The fourth-order valence-electron chi connectivity index (χ4n) is 11.8. The van der Waals surface area contributed by atoms with Crippen molar-refractivity contribution in [1.29, 1.82) is 0 Å². The van der Waals surface area contributed by atoms with Crippen LogP contribution in [0.1, 0.15) is 401 Å². The molecule has 0 fully saturated rings. The van der Waals surface area contributed by atoms with Gasteiger partial charge in [-0.2, -0.15) is 0 Å². The van der Waals surface area contributed by atoms with Gasteiger partial charge in [0.2, 0.25) is 0 Å². The lowest BCUT2D eigenvalue weighted by Crippen LogP contribution is -2.30. The van der Waals surface area contributed by atoms with Gasteiger partial charge in [0.05, 0.1) is 26.4 Å². The Kier molecular flexibility index (Phi) is 67.4. The first-order valence-corrected chi connectivity index (χ1v) is 43.1. The van der Waals surface area contributed by atoms with Gasteiger partial charge >= 0.3 is 39.5 Å². The maximum atomic E-state index is 13.1. The molecule has 4 unspecified atom stereocenters. The second kappa shape index (κ2) is 68.8.